The lowest BCUT2D eigenvalue weighted by molar-refractivity contribution is 0.104. The third-order valence-corrected chi connectivity index (χ3v) is 16.9. The lowest BCUT2D eigenvalue weighted by Gasteiger charge is -2.15. The molecule has 10 aromatic carbocycles. The van der Waals surface area contributed by atoms with E-state index in [9.17, 15) is 34.8 Å². The fraction of sp³-hybridized carbons (Fsp3) is 0.216. The quantitative estimate of drug-likeness (QED) is 0.0228. The Morgan fingerprint density at radius 3 is 0.972 bits per heavy atom. The third-order valence-electron chi connectivity index (χ3n) is 16.9. The summed E-state index contributed by atoms with van der Waals surface area (Å²) < 4.78 is 65.1. The molecule has 1 aliphatic rings. The Bertz CT molecular complexity index is 5160. The zero-order valence-electron chi connectivity index (χ0n) is 60.1. The Hall–Kier alpha value is -12.2. The Labute approximate surface area is 623 Å². The van der Waals surface area contributed by atoms with Gasteiger partial charge in [-0.05, 0) is 95.1 Å². The summed E-state index contributed by atoms with van der Waals surface area (Å²) in [4.78, 5) is 38.4. The molecule has 20 nitrogen and oxygen atoms in total. The molecule has 3 aromatic heterocycles. The first-order valence-electron chi connectivity index (χ1n) is 35.5. The summed E-state index contributed by atoms with van der Waals surface area (Å²) in [6.45, 7) is 11.8. The van der Waals surface area contributed by atoms with Crippen molar-refractivity contribution >= 4 is 32.9 Å². The molecule has 554 valence electrons. The molecule has 0 saturated carbocycles. The van der Waals surface area contributed by atoms with Crippen LogP contribution in [0.2, 0.25) is 0 Å². The number of hydrogen-bond acceptors (Lipinski definition) is 20. The van der Waals surface area contributed by atoms with Gasteiger partial charge >= 0.3 is 0 Å². The van der Waals surface area contributed by atoms with Crippen LogP contribution in [0, 0.1) is 0 Å². The van der Waals surface area contributed by atoms with Gasteiger partial charge in [0.1, 0.15) is 150 Å². The lowest BCUT2D eigenvalue weighted by Crippen LogP contribution is -2.35. The van der Waals surface area contributed by atoms with Crippen molar-refractivity contribution in [1.82, 2.24) is 10.6 Å². The number of aliphatic hydroxyl groups excluding tert-OH is 2. The maximum atomic E-state index is 13.1. The standard InChI is InChI=1S/C35H35NO6.C32H26O6.C21H23NO6/c1-24(2)36-20-28(37)23-41-29-13-14-32-33(38)19-34(42-35(32)18-29)27-15-30(39-21-25-9-5-3-6-10-25)17-31(16-27)40-22-26-11-7-4-8-12-26;33-30-17-31(38-32-16-25(11-12-29(30)32)36-20-28-21-37-28)24-13-26(34-18-22-7-3-1-4-8-22)15-27(14-24)35-19-23-9-5-2-6-10-23;1-12(2)22-10-16(25)11-27-17-3-4-18-19(26)9-20(28-21(18)8-17)13-5-14(23)7-15(24)6-13/h3-19,24,28,36-37H,20-23H2,1-2H3;1-17,28H,18-21H2;3-9,12,16,22-25H,10-11H2,1-2H3/t2*28-;16-/m000/s1. The van der Waals surface area contributed by atoms with Gasteiger partial charge in [0, 0.05) is 96.5 Å². The number of hydrogen-bond donors (Lipinski definition) is 6. The van der Waals surface area contributed by atoms with Gasteiger partial charge in [-0.1, -0.05) is 149 Å². The molecular formula is C88H84N2O18. The van der Waals surface area contributed by atoms with Crippen LogP contribution < -0.4 is 60.1 Å². The monoisotopic (exact) mass is 1460 g/mol. The van der Waals surface area contributed by atoms with Gasteiger partial charge in [0.25, 0.3) is 0 Å². The largest absolute Gasteiger partial charge is 0.508 e. The van der Waals surface area contributed by atoms with E-state index in [2.05, 4.69) is 10.6 Å². The summed E-state index contributed by atoms with van der Waals surface area (Å²) in [5.41, 5.74) is 6.41. The van der Waals surface area contributed by atoms with E-state index < -0.39 is 12.2 Å². The van der Waals surface area contributed by atoms with Crippen molar-refractivity contribution in [2.24, 2.45) is 0 Å². The first-order valence-corrected chi connectivity index (χ1v) is 35.5. The molecule has 4 heterocycles. The summed E-state index contributed by atoms with van der Waals surface area (Å²) >= 11 is 0. The van der Waals surface area contributed by atoms with Crippen LogP contribution in [0.25, 0.3) is 66.9 Å². The van der Waals surface area contributed by atoms with E-state index in [1.807, 2.05) is 185 Å². The molecule has 1 saturated heterocycles. The predicted molar refractivity (Wildman–Crippen MR) is 415 cm³/mol. The topological polar surface area (TPSA) is 273 Å². The van der Waals surface area contributed by atoms with Gasteiger partial charge in [0.15, 0.2) is 16.3 Å². The number of aromatic hydroxyl groups is 2. The van der Waals surface area contributed by atoms with Crippen LogP contribution in [0.15, 0.2) is 276 Å². The average Bonchev–Trinajstić information content (AvgIpc) is 0.889. The molecule has 1 fully saturated rings. The molecule has 0 unspecified atom stereocenters. The van der Waals surface area contributed by atoms with Crippen LogP contribution in [0.4, 0.5) is 0 Å². The van der Waals surface area contributed by atoms with Crippen molar-refractivity contribution in [3.8, 4) is 85.7 Å². The Morgan fingerprint density at radius 2 is 0.667 bits per heavy atom. The van der Waals surface area contributed by atoms with Crippen LogP contribution in [-0.4, -0.2) is 90.3 Å². The van der Waals surface area contributed by atoms with Gasteiger partial charge in [0.2, 0.25) is 0 Å². The molecule has 0 radical (unpaired) electrons. The highest BCUT2D eigenvalue weighted by atomic mass is 16.6. The average molecular weight is 1460 g/mol. The van der Waals surface area contributed by atoms with E-state index in [1.165, 1.54) is 36.4 Å². The van der Waals surface area contributed by atoms with E-state index >= 15 is 0 Å². The highest BCUT2D eigenvalue weighted by Gasteiger charge is 2.24. The third kappa shape index (κ3) is 22.2. The SMILES string of the molecule is CC(C)NC[C@H](O)COc1ccc2c(=O)cc(-c3cc(O)cc(O)c3)oc2c1.CC(C)NC[C@H](O)COc1ccc2c(=O)cc(-c3cc(OCc4ccccc4)cc(OCc4ccccc4)c3)oc2c1.O=c1cc(-c2cc(OCc3ccccc3)cc(OCc3ccccc3)c2)oc2cc(OC[C@H]3CO3)ccc12. The van der Waals surface area contributed by atoms with Gasteiger partial charge in [-0.2, -0.15) is 0 Å². The molecule has 0 amide bonds. The van der Waals surface area contributed by atoms with Crippen LogP contribution in [0.1, 0.15) is 49.9 Å². The second-order valence-corrected chi connectivity index (χ2v) is 26.4. The van der Waals surface area contributed by atoms with Gasteiger partial charge in [-0.15, -0.1) is 0 Å². The molecule has 6 N–H and O–H groups in total. The first-order chi connectivity index (χ1) is 52.4. The van der Waals surface area contributed by atoms with Gasteiger partial charge in [0.05, 0.1) is 22.8 Å². The van der Waals surface area contributed by atoms with Gasteiger partial charge < -0.3 is 82.2 Å². The van der Waals surface area contributed by atoms with E-state index in [-0.39, 0.29) is 64.9 Å². The highest BCUT2D eigenvalue weighted by molar-refractivity contribution is 5.83. The number of epoxide rings is 1. The van der Waals surface area contributed by atoms with Gasteiger partial charge in [-0.25, -0.2) is 0 Å². The number of nitrogens with one attached hydrogen (secondary N) is 2. The molecule has 0 bridgehead atoms. The summed E-state index contributed by atoms with van der Waals surface area (Å²) in [6.07, 6.45) is -1.21. The van der Waals surface area contributed by atoms with E-state index in [4.69, 9.17) is 51.1 Å². The maximum Gasteiger partial charge on any atom is 0.193 e. The number of ether oxygens (including phenoxy) is 8. The van der Waals surface area contributed by atoms with Crippen molar-refractivity contribution < 1.29 is 71.6 Å². The summed E-state index contributed by atoms with van der Waals surface area (Å²) in [5.74, 6) is 4.69. The Balaban J connectivity index is 0.000000154. The fourth-order valence-electron chi connectivity index (χ4n) is 11.2. The van der Waals surface area contributed by atoms with E-state index in [1.54, 1.807) is 54.6 Å². The van der Waals surface area contributed by atoms with Crippen LogP contribution >= 0.6 is 0 Å². The highest BCUT2D eigenvalue weighted by Crippen LogP contribution is 2.36. The lowest BCUT2D eigenvalue weighted by atomic mass is 10.1. The number of benzene rings is 10. The molecule has 108 heavy (non-hydrogen) atoms. The molecular weight excluding hydrogens is 1370 g/mol. The van der Waals surface area contributed by atoms with Crippen LogP contribution in [0.5, 0.6) is 51.7 Å². The van der Waals surface area contributed by atoms with Crippen molar-refractivity contribution in [2.75, 3.05) is 39.5 Å². The Morgan fingerprint density at radius 1 is 0.361 bits per heavy atom. The zero-order chi connectivity index (χ0) is 75.3. The summed E-state index contributed by atoms with van der Waals surface area (Å²) in [6, 6.07) is 74.6. The minimum atomic E-state index is -0.674. The van der Waals surface area contributed by atoms with Crippen molar-refractivity contribution in [1.29, 1.82) is 0 Å². The number of phenols is 2. The normalized spacial score (nSPS) is 12.9. The number of aliphatic hydroxyl groups is 2. The molecule has 3 atom stereocenters. The molecule has 20 heteroatoms. The summed E-state index contributed by atoms with van der Waals surface area (Å²) in [5, 5.41) is 47.1. The number of phenolic OH excluding ortho intramolecular Hbond substituents is 2. The number of fused-ring (bicyclic) bond motifs is 3. The Kier molecular flexibility index (Phi) is 25.7. The molecule has 0 aliphatic carbocycles. The van der Waals surface area contributed by atoms with Crippen LogP contribution in [-0.2, 0) is 31.2 Å². The summed E-state index contributed by atoms with van der Waals surface area (Å²) in [7, 11) is 0. The smallest absolute Gasteiger partial charge is 0.193 e. The molecule has 13 aromatic rings. The second-order valence-electron chi connectivity index (χ2n) is 26.4. The molecule has 0 spiro atoms. The number of rotatable bonds is 30. The van der Waals surface area contributed by atoms with Crippen molar-refractivity contribution in [3.63, 3.8) is 0 Å². The van der Waals surface area contributed by atoms with E-state index in [0.717, 1.165) is 22.3 Å². The van der Waals surface area contributed by atoms with Gasteiger partial charge in [-0.3, -0.25) is 14.4 Å². The maximum absolute atomic E-state index is 13.1. The zero-order valence-corrected chi connectivity index (χ0v) is 60.1. The van der Waals surface area contributed by atoms with Crippen LogP contribution in [0.3, 0.4) is 0 Å². The molecule has 14 rings (SSSR count). The van der Waals surface area contributed by atoms with Crippen molar-refractivity contribution in [3.05, 3.63) is 302 Å². The second kappa shape index (κ2) is 36.7. The van der Waals surface area contributed by atoms with E-state index in [0.29, 0.717) is 154 Å². The fourth-order valence-corrected chi connectivity index (χ4v) is 11.2. The predicted octanol–water partition coefficient (Wildman–Crippen LogP) is 15.4. The minimum Gasteiger partial charge on any atom is -0.508 e. The first kappa shape index (κ1) is 75.5. The minimum absolute atomic E-state index is 0.0928. The van der Waals surface area contributed by atoms with Crippen molar-refractivity contribution in [2.45, 2.75) is 84.5 Å². The molecule has 1 aliphatic heterocycles.